The maximum Gasteiger partial charge on any atom is 0.151 e. The first-order chi connectivity index (χ1) is 8.99. The van der Waals surface area contributed by atoms with E-state index in [4.69, 9.17) is 11.1 Å². The van der Waals surface area contributed by atoms with Gasteiger partial charge in [0.25, 0.3) is 0 Å². The van der Waals surface area contributed by atoms with E-state index in [0.29, 0.717) is 5.56 Å². The number of amidine groups is 1. The van der Waals surface area contributed by atoms with Crippen LogP contribution in [0, 0.1) is 19.3 Å². The van der Waals surface area contributed by atoms with Gasteiger partial charge in [-0.25, -0.2) is 4.98 Å². The maximum absolute atomic E-state index is 7.37. The Morgan fingerprint density at radius 3 is 2.32 bits per heavy atom. The molecule has 5 heteroatoms. The standard InChI is InChI=1S/C14H17N5/c1-9-10(2)18-13(8-17-9)19(3)12-6-4-11(5-7-12)14(15)16/h4-8H,1-3H3,(H3,15,16). The number of nitrogens with two attached hydrogens (primary N) is 1. The molecule has 1 heterocycles. The number of nitrogen functional groups attached to an aromatic ring is 1. The lowest BCUT2D eigenvalue weighted by atomic mass is 10.2. The molecular formula is C14H17N5. The smallest absolute Gasteiger partial charge is 0.151 e. The zero-order valence-electron chi connectivity index (χ0n) is 11.3. The Balaban J connectivity index is 2.30. The molecule has 0 spiro atoms. The monoisotopic (exact) mass is 255 g/mol. The molecule has 3 N–H and O–H groups in total. The van der Waals surface area contributed by atoms with Crippen molar-refractivity contribution in [3.05, 3.63) is 47.4 Å². The molecule has 98 valence electrons. The zero-order valence-corrected chi connectivity index (χ0v) is 11.3. The van der Waals surface area contributed by atoms with Crippen molar-refractivity contribution in [2.24, 2.45) is 5.73 Å². The normalized spacial score (nSPS) is 10.3. The van der Waals surface area contributed by atoms with Crippen LogP contribution in [0.15, 0.2) is 30.5 Å². The molecule has 1 aromatic carbocycles. The van der Waals surface area contributed by atoms with Crippen molar-refractivity contribution in [3.8, 4) is 0 Å². The molecule has 0 saturated carbocycles. The molecule has 0 fully saturated rings. The summed E-state index contributed by atoms with van der Waals surface area (Å²) in [4.78, 5) is 10.8. The van der Waals surface area contributed by atoms with Gasteiger partial charge < -0.3 is 10.6 Å². The Morgan fingerprint density at radius 1 is 1.16 bits per heavy atom. The van der Waals surface area contributed by atoms with Gasteiger partial charge in [-0.2, -0.15) is 0 Å². The molecule has 19 heavy (non-hydrogen) atoms. The van der Waals surface area contributed by atoms with Crippen LogP contribution in [-0.2, 0) is 0 Å². The van der Waals surface area contributed by atoms with E-state index >= 15 is 0 Å². The Morgan fingerprint density at radius 2 is 1.79 bits per heavy atom. The fraction of sp³-hybridized carbons (Fsp3) is 0.214. The van der Waals surface area contributed by atoms with Crippen LogP contribution >= 0.6 is 0 Å². The van der Waals surface area contributed by atoms with Gasteiger partial charge in [-0.3, -0.25) is 10.4 Å². The summed E-state index contributed by atoms with van der Waals surface area (Å²) in [5.41, 5.74) is 8.98. The van der Waals surface area contributed by atoms with Crippen molar-refractivity contribution in [2.75, 3.05) is 11.9 Å². The highest BCUT2D eigenvalue weighted by Gasteiger charge is 2.07. The Kier molecular flexibility index (Phi) is 3.46. The van der Waals surface area contributed by atoms with E-state index in [9.17, 15) is 0 Å². The fourth-order valence-corrected chi connectivity index (χ4v) is 1.69. The lowest BCUT2D eigenvalue weighted by molar-refractivity contribution is 1.01. The predicted molar refractivity (Wildman–Crippen MR) is 77.0 cm³/mol. The third-order valence-corrected chi connectivity index (χ3v) is 3.09. The minimum atomic E-state index is 0.0696. The van der Waals surface area contributed by atoms with Crippen molar-refractivity contribution in [2.45, 2.75) is 13.8 Å². The van der Waals surface area contributed by atoms with Gasteiger partial charge >= 0.3 is 0 Å². The van der Waals surface area contributed by atoms with E-state index < -0.39 is 0 Å². The number of nitrogens with zero attached hydrogens (tertiary/aromatic N) is 3. The van der Waals surface area contributed by atoms with E-state index in [1.807, 2.05) is 50.1 Å². The molecule has 0 aliphatic carbocycles. The molecule has 5 nitrogen and oxygen atoms in total. The predicted octanol–water partition coefficient (Wildman–Crippen LogP) is 2.15. The second-order valence-corrected chi connectivity index (χ2v) is 4.42. The molecule has 0 aliphatic rings. The molecule has 0 amide bonds. The number of nitrogens with one attached hydrogen (secondary N) is 1. The van der Waals surface area contributed by atoms with Crippen LogP contribution in [-0.4, -0.2) is 22.9 Å². The summed E-state index contributed by atoms with van der Waals surface area (Å²) in [6.45, 7) is 3.88. The highest BCUT2D eigenvalue weighted by Crippen LogP contribution is 2.21. The van der Waals surface area contributed by atoms with E-state index in [2.05, 4.69) is 9.97 Å². The van der Waals surface area contributed by atoms with Gasteiger partial charge in [0.2, 0.25) is 0 Å². The maximum atomic E-state index is 7.37. The Bertz CT molecular complexity index is 604. The summed E-state index contributed by atoms with van der Waals surface area (Å²) in [5.74, 6) is 0.860. The molecule has 1 aromatic heterocycles. The van der Waals surface area contributed by atoms with Crippen LogP contribution in [0.4, 0.5) is 11.5 Å². The quantitative estimate of drug-likeness (QED) is 0.650. The highest BCUT2D eigenvalue weighted by atomic mass is 15.2. The first-order valence-electron chi connectivity index (χ1n) is 5.97. The molecule has 0 bridgehead atoms. The SMILES string of the molecule is Cc1ncc(N(C)c2ccc(C(=N)N)cc2)nc1C. The summed E-state index contributed by atoms with van der Waals surface area (Å²) < 4.78 is 0. The van der Waals surface area contributed by atoms with Gasteiger partial charge in [-0.15, -0.1) is 0 Å². The Labute approximate surface area is 112 Å². The highest BCUT2D eigenvalue weighted by molar-refractivity contribution is 5.95. The first-order valence-corrected chi connectivity index (χ1v) is 5.97. The molecule has 2 rings (SSSR count). The molecule has 0 unspecified atom stereocenters. The average molecular weight is 255 g/mol. The van der Waals surface area contributed by atoms with Crippen LogP contribution < -0.4 is 10.6 Å². The van der Waals surface area contributed by atoms with Gasteiger partial charge in [0.1, 0.15) is 5.84 Å². The first kappa shape index (κ1) is 13.0. The van der Waals surface area contributed by atoms with Crippen LogP contribution in [0.25, 0.3) is 0 Å². The van der Waals surface area contributed by atoms with E-state index in [1.54, 1.807) is 6.20 Å². The summed E-state index contributed by atoms with van der Waals surface area (Å²) >= 11 is 0. The van der Waals surface area contributed by atoms with Crippen LogP contribution in [0.1, 0.15) is 17.0 Å². The van der Waals surface area contributed by atoms with Gasteiger partial charge in [-0.1, -0.05) is 0 Å². The number of rotatable bonds is 3. The number of hydrogen-bond acceptors (Lipinski definition) is 4. The average Bonchev–Trinajstić information content (AvgIpc) is 2.41. The van der Waals surface area contributed by atoms with E-state index in [1.165, 1.54) is 0 Å². The molecule has 0 atom stereocenters. The number of hydrogen-bond donors (Lipinski definition) is 2. The number of aromatic nitrogens is 2. The second kappa shape index (κ2) is 5.06. The third-order valence-electron chi connectivity index (χ3n) is 3.09. The summed E-state index contributed by atoms with van der Waals surface area (Å²) in [7, 11) is 1.93. The Hall–Kier alpha value is -2.43. The lowest BCUT2D eigenvalue weighted by Crippen LogP contribution is -2.14. The number of anilines is 2. The molecule has 0 radical (unpaired) electrons. The van der Waals surface area contributed by atoms with Crippen molar-refractivity contribution in [1.29, 1.82) is 5.41 Å². The van der Waals surface area contributed by atoms with E-state index in [-0.39, 0.29) is 5.84 Å². The van der Waals surface area contributed by atoms with Crippen molar-refractivity contribution >= 4 is 17.3 Å². The van der Waals surface area contributed by atoms with Crippen LogP contribution in [0.5, 0.6) is 0 Å². The van der Waals surface area contributed by atoms with Crippen LogP contribution in [0.2, 0.25) is 0 Å². The third kappa shape index (κ3) is 2.70. The van der Waals surface area contributed by atoms with Crippen molar-refractivity contribution < 1.29 is 0 Å². The fourth-order valence-electron chi connectivity index (χ4n) is 1.69. The molecule has 0 aliphatic heterocycles. The van der Waals surface area contributed by atoms with Crippen molar-refractivity contribution in [1.82, 2.24) is 9.97 Å². The molecule has 0 saturated heterocycles. The van der Waals surface area contributed by atoms with E-state index in [0.717, 1.165) is 22.9 Å². The largest absolute Gasteiger partial charge is 0.384 e. The number of aryl methyl sites for hydroxylation is 2. The number of benzene rings is 1. The summed E-state index contributed by atoms with van der Waals surface area (Å²) in [6, 6.07) is 7.46. The zero-order chi connectivity index (χ0) is 14.0. The van der Waals surface area contributed by atoms with Crippen LogP contribution in [0.3, 0.4) is 0 Å². The van der Waals surface area contributed by atoms with Gasteiger partial charge in [0, 0.05) is 18.3 Å². The van der Waals surface area contributed by atoms with Gasteiger partial charge in [0.15, 0.2) is 5.82 Å². The second-order valence-electron chi connectivity index (χ2n) is 4.42. The topological polar surface area (TPSA) is 78.9 Å². The minimum Gasteiger partial charge on any atom is -0.384 e. The molecular weight excluding hydrogens is 238 g/mol. The minimum absolute atomic E-state index is 0.0696. The van der Waals surface area contributed by atoms with Crippen molar-refractivity contribution in [3.63, 3.8) is 0 Å². The van der Waals surface area contributed by atoms with Gasteiger partial charge in [0.05, 0.1) is 17.6 Å². The lowest BCUT2D eigenvalue weighted by Gasteiger charge is -2.19. The van der Waals surface area contributed by atoms with Gasteiger partial charge in [-0.05, 0) is 38.1 Å². The summed E-state index contributed by atoms with van der Waals surface area (Å²) in [6.07, 6.45) is 1.75. The summed E-state index contributed by atoms with van der Waals surface area (Å²) in [5, 5.41) is 7.37. The molecule has 2 aromatic rings.